The second kappa shape index (κ2) is 11.6. The molecule has 3 aromatic rings. The Kier molecular flexibility index (Phi) is 10.2. The first-order valence-electron chi connectivity index (χ1n) is 11.8. The van der Waals surface area contributed by atoms with Crippen molar-refractivity contribution in [3.8, 4) is 11.3 Å². The van der Waals surface area contributed by atoms with Crippen molar-refractivity contribution in [1.82, 2.24) is 4.98 Å². The number of allylic oxidation sites excluding steroid dienone is 2. The van der Waals surface area contributed by atoms with E-state index in [9.17, 15) is 9.90 Å². The fourth-order valence-corrected chi connectivity index (χ4v) is 3.32. The summed E-state index contributed by atoms with van der Waals surface area (Å²) in [5, 5.41) is 10.8. The summed E-state index contributed by atoms with van der Waals surface area (Å²) in [6, 6.07) is 14.1. The normalized spacial score (nSPS) is 12.0. The number of rotatable bonds is 2. The van der Waals surface area contributed by atoms with Crippen molar-refractivity contribution in [2.24, 2.45) is 10.8 Å². The van der Waals surface area contributed by atoms with Crippen molar-refractivity contribution in [2.45, 2.75) is 76.2 Å². The minimum Gasteiger partial charge on any atom is -0.512 e. The molecule has 0 aliphatic carbocycles. The molecule has 1 aromatic heterocycles. The van der Waals surface area contributed by atoms with Crippen LogP contribution in [0.2, 0.25) is 0 Å². The van der Waals surface area contributed by atoms with Gasteiger partial charge in [0, 0.05) is 37.0 Å². The summed E-state index contributed by atoms with van der Waals surface area (Å²) in [6.45, 7) is 21.8. The van der Waals surface area contributed by atoms with Crippen LogP contribution in [0.15, 0.2) is 42.2 Å². The first kappa shape index (κ1) is 30.7. The van der Waals surface area contributed by atoms with Gasteiger partial charge in [-0.25, -0.2) is 0 Å². The van der Waals surface area contributed by atoms with Crippen LogP contribution in [-0.4, -0.2) is 15.9 Å². The molecule has 1 N–H and O–H groups in total. The Bertz CT molecular complexity index is 1240. The largest absolute Gasteiger partial charge is 0.512 e. The van der Waals surface area contributed by atoms with Gasteiger partial charge in [0.1, 0.15) is 5.76 Å². The number of nitrogens with zero attached hydrogens (tertiary/aromatic N) is 1. The number of carbonyl (C=O) groups excluding carboxylic acids is 1. The molecule has 3 nitrogen and oxygen atoms in total. The van der Waals surface area contributed by atoms with Crippen molar-refractivity contribution < 1.29 is 30.0 Å². The molecule has 0 bridgehead atoms. The van der Waals surface area contributed by atoms with E-state index in [1.54, 1.807) is 0 Å². The van der Waals surface area contributed by atoms with Gasteiger partial charge in [-0.15, -0.1) is 34.4 Å². The number of pyridine rings is 1. The van der Waals surface area contributed by atoms with E-state index in [0.29, 0.717) is 0 Å². The van der Waals surface area contributed by atoms with Crippen molar-refractivity contribution in [3.05, 3.63) is 76.1 Å². The second-order valence-corrected chi connectivity index (χ2v) is 11.3. The van der Waals surface area contributed by atoms with Gasteiger partial charge in [-0.2, -0.15) is 0 Å². The van der Waals surface area contributed by atoms with E-state index in [4.69, 9.17) is 4.98 Å². The predicted molar refractivity (Wildman–Crippen MR) is 144 cm³/mol. The number of ketones is 1. The second-order valence-electron chi connectivity index (χ2n) is 11.3. The van der Waals surface area contributed by atoms with Crippen molar-refractivity contribution in [2.75, 3.05) is 0 Å². The molecular formula is C31H40IrNO2-. The molecule has 0 aliphatic heterocycles. The van der Waals surface area contributed by atoms with Crippen LogP contribution in [0.25, 0.3) is 22.2 Å². The molecule has 0 aliphatic rings. The van der Waals surface area contributed by atoms with Crippen molar-refractivity contribution in [3.63, 3.8) is 0 Å². The Morgan fingerprint density at radius 2 is 1.49 bits per heavy atom. The van der Waals surface area contributed by atoms with Gasteiger partial charge >= 0.3 is 0 Å². The number of aliphatic hydroxyl groups is 1. The Morgan fingerprint density at radius 3 is 2.03 bits per heavy atom. The van der Waals surface area contributed by atoms with Gasteiger partial charge in [0.25, 0.3) is 0 Å². The zero-order valence-corrected chi connectivity index (χ0v) is 25.5. The first-order chi connectivity index (χ1) is 15.5. The molecule has 0 fully saturated rings. The summed E-state index contributed by atoms with van der Waals surface area (Å²) in [5.74, 6) is 0.104. The van der Waals surface area contributed by atoms with Crippen molar-refractivity contribution in [1.29, 1.82) is 0 Å². The minimum absolute atomic E-state index is 0. The molecule has 35 heavy (non-hydrogen) atoms. The summed E-state index contributed by atoms with van der Waals surface area (Å²) in [4.78, 5) is 16.4. The van der Waals surface area contributed by atoms with Crippen molar-refractivity contribution >= 4 is 16.7 Å². The van der Waals surface area contributed by atoms with Crippen LogP contribution in [0.3, 0.4) is 0 Å². The van der Waals surface area contributed by atoms with Crippen LogP contribution in [0.5, 0.6) is 0 Å². The first-order valence-corrected chi connectivity index (χ1v) is 11.8. The topological polar surface area (TPSA) is 50.2 Å². The van der Waals surface area contributed by atoms with E-state index >= 15 is 0 Å². The molecule has 1 radical (unpaired) electrons. The van der Waals surface area contributed by atoms with E-state index < -0.39 is 5.41 Å². The molecule has 0 saturated carbocycles. The molecule has 0 unspecified atom stereocenters. The fraction of sp³-hybridized carbons (Fsp3) is 0.419. The average Bonchev–Trinajstić information content (AvgIpc) is 2.71. The zero-order chi connectivity index (χ0) is 26.0. The Hall–Kier alpha value is -2.29. The van der Waals surface area contributed by atoms with Gasteiger partial charge in [-0.1, -0.05) is 86.1 Å². The third-order valence-corrected chi connectivity index (χ3v) is 6.14. The third kappa shape index (κ3) is 7.85. The molecule has 3 rings (SSSR count). The van der Waals surface area contributed by atoms with Gasteiger partial charge in [-0.05, 0) is 36.6 Å². The number of hydrogen-bond donors (Lipinski definition) is 1. The number of hydrogen-bond acceptors (Lipinski definition) is 3. The number of carbonyl (C=O) groups is 1. The van der Waals surface area contributed by atoms with E-state index in [1.165, 1.54) is 39.3 Å². The molecular weight excluding hydrogens is 611 g/mol. The molecule has 0 atom stereocenters. The number of aliphatic hydroxyl groups excluding tert-OH is 1. The van der Waals surface area contributed by atoms with E-state index in [2.05, 4.69) is 71.0 Å². The Labute approximate surface area is 225 Å². The van der Waals surface area contributed by atoms with Crippen LogP contribution >= 0.6 is 0 Å². The number of aryl methyl sites for hydroxylation is 3. The van der Waals surface area contributed by atoms with Crippen LogP contribution in [0.4, 0.5) is 0 Å². The quantitative estimate of drug-likeness (QED) is 0.172. The standard InChI is InChI=1S/C20H20N.C11H20O2.Ir/c1-12-6-8-17-11-14(3)20(21-19(17)10-12)18-9-7-13(2)15(4)16(18)5;1-10(2,3)8(12)7-9(13)11(4,5)6;/h6-8,10-11H,1-5H3;7,12H,1-6H3;/q-1;;/b;8-7-;. The summed E-state index contributed by atoms with van der Waals surface area (Å²) in [7, 11) is 0. The smallest absolute Gasteiger partial charge is 0.164 e. The number of aromatic nitrogens is 1. The maximum Gasteiger partial charge on any atom is 0.164 e. The maximum absolute atomic E-state index is 11.5. The van der Waals surface area contributed by atoms with Crippen LogP contribution in [0, 0.1) is 51.5 Å². The predicted octanol–water partition coefficient (Wildman–Crippen LogP) is 8.33. The Balaban J connectivity index is 0.000000383. The summed E-state index contributed by atoms with van der Waals surface area (Å²) in [5.41, 5.74) is 8.80. The number of benzene rings is 2. The van der Waals surface area contributed by atoms with E-state index in [-0.39, 0.29) is 37.1 Å². The average molecular weight is 651 g/mol. The van der Waals surface area contributed by atoms with Crippen LogP contribution in [0.1, 0.15) is 69.4 Å². The molecule has 4 heteroatoms. The SMILES string of the molecule is CC(C)(C)C(=O)/C=C(\O)C(C)(C)C.Cc1ccc2cc(C)c(-c3[c-]cc(C)c(C)c3C)nc2c1.[Ir]. The van der Waals surface area contributed by atoms with Gasteiger partial charge < -0.3 is 5.11 Å². The van der Waals surface area contributed by atoms with Gasteiger partial charge in [0.15, 0.2) is 5.78 Å². The summed E-state index contributed by atoms with van der Waals surface area (Å²) >= 11 is 0. The Morgan fingerprint density at radius 1 is 0.886 bits per heavy atom. The molecule has 0 spiro atoms. The molecule has 1 heterocycles. The molecule has 0 saturated heterocycles. The third-order valence-electron chi connectivity index (χ3n) is 6.14. The van der Waals surface area contributed by atoms with Gasteiger partial charge in [0.05, 0.1) is 5.52 Å². The van der Waals surface area contributed by atoms with E-state index in [0.717, 1.165) is 16.8 Å². The number of fused-ring (bicyclic) bond motifs is 1. The summed E-state index contributed by atoms with van der Waals surface area (Å²) < 4.78 is 0. The van der Waals surface area contributed by atoms with Crippen LogP contribution < -0.4 is 0 Å². The summed E-state index contributed by atoms with van der Waals surface area (Å²) in [6.07, 6.45) is 1.33. The fourth-order valence-electron chi connectivity index (χ4n) is 3.32. The minimum atomic E-state index is -0.417. The molecule has 0 amide bonds. The van der Waals surface area contributed by atoms with Gasteiger partial charge in [-0.3, -0.25) is 9.78 Å². The van der Waals surface area contributed by atoms with E-state index in [1.807, 2.05) is 41.5 Å². The zero-order valence-electron chi connectivity index (χ0n) is 23.1. The molecule has 2 aromatic carbocycles. The van der Waals surface area contributed by atoms with Gasteiger partial charge in [0.2, 0.25) is 0 Å². The van der Waals surface area contributed by atoms with Crippen LogP contribution in [-0.2, 0) is 24.9 Å². The molecule has 191 valence electrons. The monoisotopic (exact) mass is 651 g/mol. The maximum atomic E-state index is 11.5.